The van der Waals surface area contributed by atoms with Crippen molar-refractivity contribution < 1.29 is 24.0 Å². The van der Waals surface area contributed by atoms with E-state index in [0.717, 1.165) is 25.7 Å². The van der Waals surface area contributed by atoms with E-state index < -0.39 is 18.1 Å². The summed E-state index contributed by atoms with van der Waals surface area (Å²) in [6.07, 6.45) is 4.14. The van der Waals surface area contributed by atoms with Crippen LogP contribution in [0.15, 0.2) is 16.7 Å². The van der Waals surface area contributed by atoms with Crippen molar-refractivity contribution in [2.75, 3.05) is 6.61 Å². The van der Waals surface area contributed by atoms with Crippen LogP contribution < -0.4 is 10.1 Å². The summed E-state index contributed by atoms with van der Waals surface area (Å²) in [6, 6.07) is 3.41. The second-order valence-electron chi connectivity index (χ2n) is 7.23. The second kappa shape index (κ2) is 8.00. The molecule has 1 heterocycles. The number of aromatic nitrogens is 2. The number of nitrogens with one attached hydrogen (secondary N) is 1. The fourth-order valence-electron chi connectivity index (χ4n) is 3.71. The summed E-state index contributed by atoms with van der Waals surface area (Å²) in [5, 5.41) is 16.0. The Bertz CT molecular complexity index is 861. The molecule has 1 aromatic carbocycles. The zero-order valence-corrected chi connectivity index (χ0v) is 16.4. The summed E-state index contributed by atoms with van der Waals surface area (Å²) in [5.41, 5.74) is 1.29. The SMILES string of the molecule is CCc1nc(C2(NC(=O)c3cc(C)c(OCC(=O)O)c(C)c3)CCCC2)no1. The van der Waals surface area contributed by atoms with Crippen LogP contribution in [0.2, 0.25) is 0 Å². The van der Waals surface area contributed by atoms with Gasteiger partial charge in [0, 0.05) is 12.0 Å². The van der Waals surface area contributed by atoms with E-state index in [0.29, 0.717) is 40.6 Å². The van der Waals surface area contributed by atoms with Crippen molar-refractivity contribution >= 4 is 11.9 Å². The zero-order chi connectivity index (χ0) is 20.3. The molecule has 3 rings (SSSR count). The first-order valence-corrected chi connectivity index (χ1v) is 9.46. The quantitative estimate of drug-likeness (QED) is 0.750. The van der Waals surface area contributed by atoms with Crippen molar-refractivity contribution in [2.24, 2.45) is 0 Å². The molecule has 8 heteroatoms. The van der Waals surface area contributed by atoms with Crippen molar-refractivity contribution in [3.8, 4) is 5.75 Å². The van der Waals surface area contributed by atoms with Crippen LogP contribution >= 0.6 is 0 Å². The van der Waals surface area contributed by atoms with Gasteiger partial charge in [-0.15, -0.1) is 0 Å². The molecule has 0 aliphatic heterocycles. The number of nitrogens with zero attached hydrogens (tertiary/aromatic N) is 2. The molecule has 2 N–H and O–H groups in total. The maximum atomic E-state index is 13.0. The molecular weight excluding hydrogens is 362 g/mol. The number of carboxylic acids is 1. The third kappa shape index (κ3) is 4.00. The Morgan fingerprint density at radius 2 is 1.89 bits per heavy atom. The molecule has 150 valence electrons. The first kappa shape index (κ1) is 19.9. The molecule has 0 spiro atoms. The van der Waals surface area contributed by atoms with Crippen LogP contribution in [-0.4, -0.2) is 33.7 Å². The van der Waals surface area contributed by atoms with Crippen LogP contribution in [0.25, 0.3) is 0 Å². The Kier molecular flexibility index (Phi) is 5.67. The van der Waals surface area contributed by atoms with E-state index in [1.165, 1.54) is 0 Å². The van der Waals surface area contributed by atoms with Crippen LogP contribution in [0.5, 0.6) is 5.75 Å². The van der Waals surface area contributed by atoms with Gasteiger partial charge in [-0.25, -0.2) is 4.79 Å². The Balaban J connectivity index is 1.83. The normalized spacial score (nSPS) is 15.4. The topological polar surface area (TPSA) is 115 Å². The van der Waals surface area contributed by atoms with Gasteiger partial charge in [0.05, 0.1) is 0 Å². The number of carbonyl (C=O) groups excluding carboxylic acids is 1. The molecule has 0 radical (unpaired) electrons. The number of rotatable bonds is 7. The third-order valence-corrected chi connectivity index (χ3v) is 5.07. The number of ether oxygens (including phenoxy) is 1. The Morgan fingerprint density at radius 3 is 2.43 bits per heavy atom. The molecule has 0 atom stereocenters. The highest BCUT2D eigenvalue weighted by atomic mass is 16.5. The largest absolute Gasteiger partial charge is 0.481 e. The van der Waals surface area contributed by atoms with E-state index in [2.05, 4.69) is 15.5 Å². The van der Waals surface area contributed by atoms with Crippen molar-refractivity contribution in [3.05, 3.63) is 40.5 Å². The molecule has 1 aliphatic rings. The Hall–Kier alpha value is -2.90. The number of hydrogen-bond donors (Lipinski definition) is 2. The van der Waals surface area contributed by atoms with Gasteiger partial charge in [-0.3, -0.25) is 4.79 Å². The molecule has 1 saturated carbocycles. The van der Waals surface area contributed by atoms with Gasteiger partial charge in [-0.1, -0.05) is 24.9 Å². The Morgan fingerprint density at radius 1 is 1.25 bits per heavy atom. The van der Waals surface area contributed by atoms with E-state index in [1.807, 2.05) is 6.92 Å². The van der Waals surface area contributed by atoms with E-state index in [4.69, 9.17) is 14.4 Å². The van der Waals surface area contributed by atoms with Crippen molar-refractivity contribution in [3.63, 3.8) is 0 Å². The van der Waals surface area contributed by atoms with Crippen molar-refractivity contribution in [1.29, 1.82) is 0 Å². The minimum absolute atomic E-state index is 0.222. The summed E-state index contributed by atoms with van der Waals surface area (Å²) in [5.74, 6) is 0.309. The molecule has 0 saturated heterocycles. The first-order valence-electron chi connectivity index (χ1n) is 9.46. The van der Waals surface area contributed by atoms with Gasteiger partial charge in [-0.05, 0) is 49.9 Å². The summed E-state index contributed by atoms with van der Waals surface area (Å²) in [6.45, 7) is 5.10. The van der Waals surface area contributed by atoms with Crippen LogP contribution in [0, 0.1) is 13.8 Å². The average molecular weight is 387 g/mol. The van der Waals surface area contributed by atoms with Crippen LogP contribution in [-0.2, 0) is 16.8 Å². The second-order valence-corrected chi connectivity index (χ2v) is 7.23. The van der Waals surface area contributed by atoms with Gasteiger partial charge in [-0.2, -0.15) is 4.98 Å². The highest BCUT2D eigenvalue weighted by molar-refractivity contribution is 5.95. The number of carbonyl (C=O) groups is 2. The highest BCUT2D eigenvalue weighted by Gasteiger charge is 2.41. The minimum Gasteiger partial charge on any atom is -0.481 e. The van der Waals surface area contributed by atoms with E-state index >= 15 is 0 Å². The molecule has 1 fully saturated rings. The summed E-state index contributed by atoms with van der Waals surface area (Å²) >= 11 is 0. The number of benzene rings is 1. The molecular formula is C20H25N3O5. The molecule has 8 nitrogen and oxygen atoms in total. The first-order chi connectivity index (χ1) is 13.3. The number of carboxylic acid groups (broad SMARTS) is 1. The zero-order valence-electron chi connectivity index (χ0n) is 16.4. The van der Waals surface area contributed by atoms with Gasteiger partial charge >= 0.3 is 5.97 Å². The predicted molar refractivity (Wildman–Crippen MR) is 100 cm³/mol. The molecule has 0 bridgehead atoms. The van der Waals surface area contributed by atoms with E-state index in [-0.39, 0.29) is 5.91 Å². The highest BCUT2D eigenvalue weighted by Crippen LogP contribution is 2.38. The molecule has 2 aromatic rings. The third-order valence-electron chi connectivity index (χ3n) is 5.07. The maximum absolute atomic E-state index is 13.0. The fourth-order valence-corrected chi connectivity index (χ4v) is 3.71. The van der Waals surface area contributed by atoms with Gasteiger partial charge in [0.1, 0.15) is 11.3 Å². The number of amides is 1. The maximum Gasteiger partial charge on any atom is 0.341 e. The lowest BCUT2D eigenvalue weighted by Crippen LogP contribution is -2.44. The molecule has 1 aromatic heterocycles. The van der Waals surface area contributed by atoms with Gasteiger partial charge in [0.15, 0.2) is 12.4 Å². The lowest BCUT2D eigenvalue weighted by Gasteiger charge is -2.27. The minimum atomic E-state index is -1.05. The summed E-state index contributed by atoms with van der Waals surface area (Å²) < 4.78 is 10.6. The van der Waals surface area contributed by atoms with Crippen LogP contribution in [0.1, 0.15) is 65.8 Å². The average Bonchev–Trinajstić information content (AvgIpc) is 3.30. The summed E-state index contributed by atoms with van der Waals surface area (Å²) in [4.78, 5) is 28.2. The molecule has 1 amide bonds. The van der Waals surface area contributed by atoms with Crippen LogP contribution in [0.3, 0.4) is 0 Å². The lowest BCUT2D eigenvalue weighted by atomic mass is 9.95. The monoisotopic (exact) mass is 387 g/mol. The van der Waals surface area contributed by atoms with Gasteiger partial charge in [0.25, 0.3) is 5.91 Å². The molecule has 0 unspecified atom stereocenters. The number of aliphatic carboxylic acids is 1. The van der Waals surface area contributed by atoms with Gasteiger partial charge in [0.2, 0.25) is 5.89 Å². The van der Waals surface area contributed by atoms with Gasteiger partial charge < -0.3 is 19.7 Å². The Labute approximate surface area is 163 Å². The lowest BCUT2D eigenvalue weighted by molar-refractivity contribution is -0.139. The smallest absolute Gasteiger partial charge is 0.341 e. The molecule has 28 heavy (non-hydrogen) atoms. The van der Waals surface area contributed by atoms with E-state index in [1.54, 1.807) is 26.0 Å². The number of hydrogen-bond acceptors (Lipinski definition) is 6. The van der Waals surface area contributed by atoms with Crippen molar-refractivity contribution in [1.82, 2.24) is 15.5 Å². The van der Waals surface area contributed by atoms with E-state index in [9.17, 15) is 9.59 Å². The standard InChI is InChI=1S/C20H25N3O5/c1-4-15-21-19(23-28-15)20(7-5-6-8-20)22-18(26)14-9-12(2)17(13(3)10-14)27-11-16(24)25/h9-10H,4-8,11H2,1-3H3,(H,22,26)(H,24,25). The predicted octanol–water partition coefficient (Wildman–Crippen LogP) is 2.91. The fraction of sp³-hybridized carbons (Fsp3) is 0.500. The summed E-state index contributed by atoms with van der Waals surface area (Å²) in [7, 11) is 0. The number of aryl methyl sites for hydroxylation is 3. The van der Waals surface area contributed by atoms with Crippen molar-refractivity contribution in [2.45, 2.75) is 58.4 Å². The molecule has 1 aliphatic carbocycles. The van der Waals surface area contributed by atoms with Crippen LogP contribution in [0.4, 0.5) is 0 Å².